The number of nitriles is 1. The fraction of sp³-hybridized carbons (Fsp3) is 0.333. The number of aryl methyl sites for hydroxylation is 2. The lowest BCUT2D eigenvalue weighted by Crippen LogP contribution is -2.39. The van der Waals surface area contributed by atoms with Gasteiger partial charge in [0.15, 0.2) is 7.05 Å². The minimum absolute atomic E-state index is 0.0346. The van der Waals surface area contributed by atoms with Gasteiger partial charge in [-0.05, 0) is 25.2 Å². The molecule has 0 saturated heterocycles. The van der Waals surface area contributed by atoms with E-state index in [9.17, 15) is 19.6 Å². The lowest BCUT2D eigenvalue weighted by atomic mass is 10.1. The van der Waals surface area contributed by atoms with Crippen molar-refractivity contribution in [2.24, 2.45) is 7.05 Å². The van der Waals surface area contributed by atoms with Gasteiger partial charge < -0.3 is 4.74 Å². The van der Waals surface area contributed by atoms with Gasteiger partial charge in [0.25, 0.3) is 0 Å². The van der Waals surface area contributed by atoms with Crippen LogP contribution in [-0.4, -0.2) is 34.4 Å². The predicted molar refractivity (Wildman–Crippen MR) is 85.2 cm³/mol. The zero-order chi connectivity index (χ0) is 18.6. The van der Waals surface area contributed by atoms with Gasteiger partial charge >= 0.3 is 17.3 Å². The van der Waals surface area contributed by atoms with Crippen molar-refractivity contribution in [1.82, 2.24) is 10.3 Å². The highest BCUT2D eigenvalue weighted by Crippen LogP contribution is 2.25. The lowest BCUT2D eigenvalue weighted by Gasteiger charge is -2.08. The van der Waals surface area contributed by atoms with E-state index in [2.05, 4.69) is 14.8 Å². The first-order valence-electron chi connectivity index (χ1n) is 7.21. The molecule has 0 aromatic carbocycles. The van der Waals surface area contributed by atoms with Crippen LogP contribution < -0.4 is 10.3 Å². The first-order valence-corrected chi connectivity index (χ1v) is 8.20. The number of nitrogens with one attached hydrogen (secondary N) is 1. The Kier molecular flexibility index (Phi) is 5.71. The zero-order valence-electron chi connectivity index (χ0n) is 13.8. The molecule has 0 unspecified atom stereocenters. The summed E-state index contributed by atoms with van der Waals surface area (Å²) in [4.78, 5) is 39.9. The first kappa shape index (κ1) is 18.4. The Morgan fingerprint density at radius 3 is 2.80 bits per heavy atom. The van der Waals surface area contributed by atoms with Crippen molar-refractivity contribution < 1.29 is 23.5 Å². The number of Topliss-reactive ketones (excluding diaryl/α,β-unsaturated/α-hetero) is 1. The molecule has 0 fully saturated rings. The number of aromatic nitrogens is 3. The second-order valence-corrected chi connectivity index (χ2v) is 5.89. The summed E-state index contributed by atoms with van der Waals surface area (Å²) in [5, 5.41) is 11.9. The van der Waals surface area contributed by atoms with Gasteiger partial charge in [-0.3, -0.25) is 9.32 Å². The molecule has 10 heteroatoms. The predicted octanol–water partition coefficient (Wildman–Crippen LogP) is 0.519. The molecule has 9 nitrogen and oxygen atoms in total. The highest BCUT2D eigenvalue weighted by atomic mass is 32.2. The third-order valence-corrected chi connectivity index (χ3v) is 4.10. The molecule has 0 amide bonds. The van der Waals surface area contributed by atoms with Gasteiger partial charge in [-0.1, -0.05) is 16.4 Å². The fourth-order valence-electron chi connectivity index (χ4n) is 2.07. The van der Waals surface area contributed by atoms with Crippen LogP contribution in [0.15, 0.2) is 20.4 Å². The van der Waals surface area contributed by atoms with Gasteiger partial charge in [0.2, 0.25) is 5.78 Å². The van der Waals surface area contributed by atoms with Gasteiger partial charge in [-0.25, -0.2) is 14.6 Å². The molecule has 2 heterocycles. The number of hydrogen-bond donors (Lipinski definition) is 1. The maximum atomic E-state index is 12.2. The van der Waals surface area contributed by atoms with Crippen molar-refractivity contribution in [3.63, 3.8) is 0 Å². The number of esters is 1. The Balaban J connectivity index is 2.31. The van der Waals surface area contributed by atoms with Gasteiger partial charge in [0.1, 0.15) is 11.1 Å². The molecule has 0 atom stereocenters. The SMILES string of the molecule is CCOC(=O)c1cc(C)nc(SCC(=O)c2c(=O)o[nH][n+]2C)c1C#N. The molecule has 2 aromatic heterocycles. The maximum absolute atomic E-state index is 12.2. The molecular weight excluding hydrogens is 348 g/mol. The van der Waals surface area contributed by atoms with Crippen LogP contribution in [0.5, 0.6) is 0 Å². The van der Waals surface area contributed by atoms with E-state index in [4.69, 9.17) is 4.74 Å². The lowest BCUT2D eigenvalue weighted by molar-refractivity contribution is -0.741. The van der Waals surface area contributed by atoms with Crippen LogP contribution in [-0.2, 0) is 11.8 Å². The van der Waals surface area contributed by atoms with E-state index in [0.29, 0.717) is 5.69 Å². The molecule has 130 valence electrons. The number of aromatic amines is 1. The molecule has 1 N–H and O–H groups in total. The molecule has 25 heavy (non-hydrogen) atoms. The second kappa shape index (κ2) is 7.76. The molecule has 0 bridgehead atoms. The van der Waals surface area contributed by atoms with Crippen LogP contribution in [0.4, 0.5) is 0 Å². The minimum atomic E-state index is -0.780. The van der Waals surface area contributed by atoms with Crippen LogP contribution in [0.3, 0.4) is 0 Å². The van der Waals surface area contributed by atoms with Crippen molar-refractivity contribution in [2.45, 2.75) is 18.9 Å². The Labute approximate surface area is 146 Å². The Bertz CT molecular complexity index is 925. The average molecular weight is 363 g/mol. The summed E-state index contributed by atoms with van der Waals surface area (Å²) in [6, 6.07) is 3.39. The quantitative estimate of drug-likeness (QED) is 0.340. The molecular formula is C15H15N4O5S+. The Morgan fingerprint density at radius 1 is 1.52 bits per heavy atom. The monoisotopic (exact) mass is 363 g/mol. The molecule has 0 aliphatic carbocycles. The van der Waals surface area contributed by atoms with E-state index in [0.717, 1.165) is 11.8 Å². The van der Waals surface area contributed by atoms with Gasteiger partial charge in [0.05, 0.1) is 23.5 Å². The number of hydrogen-bond acceptors (Lipinski definition) is 8. The van der Waals surface area contributed by atoms with Crippen LogP contribution in [0.1, 0.15) is 39.0 Å². The Hall–Kier alpha value is -2.93. The third kappa shape index (κ3) is 3.95. The highest BCUT2D eigenvalue weighted by molar-refractivity contribution is 8.00. The molecule has 0 aliphatic rings. The Morgan fingerprint density at radius 2 is 2.24 bits per heavy atom. The summed E-state index contributed by atoms with van der Waals surface area (Å²) in [5.41, 5.74) is -0.295. The van der Waals surface area contributed by atoms with E-state index in [1.54, 1.807) is 13.8 Å². The molecule has 2 aromatic rings. The second-order valence-electron chi connectivity index (χ2n) is 4.92. The van der Waals surface area contributed by atoms with E-state index < -0.39 is 17.4 Å². The number of ketones is 1. The van der Waals surface area contributed by atoms with Gasteiger partial charge in [0, 0.05) is 5.69 Å². The molecule has 2 rings (SSSR count). The first-order chi connectivity index (χ1) is 11.9. The average Bonchev–Trinajstić information content (AvgIpc) is 2.91. The van der Waals surface area contributed by atoms with Crippen molar-refractivity contribution in [3.8, 4) is 6.07 Å². The summed E-state index contributed by atoms with van der Waals surface area (Å²) in [5.74, 6) is -1.27. The molecule has 0 saturated carbocycles. The molecule has 0 spiro atoms. The number of carbonyl (C=O) groups is 2. The van der Waals surface area contributed by atoms with Crippen molar-refractivity contribution >= 4 is 23.5 Å². The number of nitrogens with zero attached hydrogens (tertiary/aromatic N) is 3. The smallest absolute Gasteiger partial charge is 0.438 e. The van der Waals surface area contributed by atoms with Crippen LogP contribution in [0.25, 0.3) is 0 Å². The van der Waals surface area contributed by atoms with E-state index in [1.807, 2.05) is 6.07 Å². The van der Waals surface area contributed by atoms with Crippen molar-refractivity contribution in [2.75, 3.05) is 12.4 Å². The number of thioether (sulfide) groups is 1. The minimum Gasteiger partial charge on any atom is -0.462 e. The molecule has 0 aliphatic heterocycles. The van der Waals surface area contributed by atoms with Crippen molar-refractivity contribution in [3.05, 3.63) is 39.0 Å². The number of carbonyl (C=O) groups excluding carboxylic acids is 2. The highest BCUT2D eigenvalue weighted by Gasteiger charge is 2.27. The topological polar surface area (TPSA) is 130 Å². The number of H-pyrrole nitrogens is 1. The molecule has 0 radical (unpaired) electrons. The van der Waals surface area contributed by atoms with Crippen LogP contribution >= 0.6 is 11.8 Å². The van der Waals surface area contributed by atoms with Crippen LogP contribution in [0, 0.1) is 18.3 Å². The summed E-state index contributed by atoms with van der Waals surface area (Å²) in [7, 11) is 1.47. The van der Waals surface area contributed by atoms with Crippen LogP contribution in [0.2, 0.25) is 0 Å². The normalized spacial score (nSPS) is 10.3. The fourth-order valence-corrected chi connectivity index (χ4v) is 2.98. The number of ether oxygens (including phenoxy) is 1. The standard InChI is InChI=1S/C15H14N4O5S/c1-4-23-14(21)9-5-8(2)17-13(10(9)6-16)25-7-11(20)12-15(22)24-18-19(12)3/h5H,4,7H2,1-3H3/p+1. The summed E-state index contributed by atoms with van der Waals surface area (Å²) < 4.78 is 10.6. The largest absolute Gasteiger partial charge is 0.462 e. The van der Waals surface area contributed by atoms with Gasteiger partial charge in [-0.2, -0.15) is 5.26 Å². The third-order valence-electron chi connectivity index (χ3n) is 3.13. The summed E-state index contributed by atoms with van der Waals surface area (Å²) >= 11 is 0.960. The zero-order valence-corrected chi connectivity index (χ0v) is 14.6. The van der Waals surface area contributed by atoms with E-state index in [1.165, 1.54) is 17.8 Å². The van der Waals surface area contributed by atoms with E-state index in [-0.39, 0.29) is 34.2 Å². The van der Waals surface area contributed by atoms with Gasteiger partial charge in [-0.15, -0.1) is 0 Å². The maximum Gasteiger partial charge on any atom is 0.438 e. The number of pyridine rings is 1. The number of rotatable bonds is 6. The summed E-state index contributed by atoms with van der Waals surface area (Å²) in [6.45, 7) is 3.50. The van der Waals surface area contributed by atoms with E-state index >= 15 is 0 Å². The summed E-state index contributed by atoms with van der Waals surface area (Å²) in [6.07, 6.45) is 0. The van der Waals surface area contributed by atoms with Crippen molar-refractivity contribution in [1.29, 1.82) is 5.26 Å².